The molecule has 0 spiro atoms. The number of hydrogen-bond acceptors (Lipinski definition) is 4. The zero-order valence-corrected chi connectivity index (χ0v) is 14.6. The number of esters is 1. The van der Waals surface area contributed by atoms with E-state index in [-0.39, 0.29) is 11.5 Å². The van der Waals surface area contributed by atoms with Crippen LogP contribution >= 0.6 is 0 Å². The average molecular weight is 347 g/mol. The Hall–Kier alpha value is -2.18. The Labute approximate surface area is 142 Å². The number of hydrogen-bond donors (Lipinski definition) is 0. The molecule has 0 heterocycles. The summed E-state index contributed by atoms with van der Waals surface area (Å²) in [4.78, 5) is 11.8. The van der Waals surface area contributed by atoms with E-state index in [0.29, 0.717) is 18.7 Å². The second-order valence-electron chi connectivity index (χ2n) is 5.16. The van der Waals surface area contributed by atoms with Crippen LogP contribution in [0.5, 0.6) is 0 Å². The van der Waals surface area contributed by atoms with Gasteiger partial charge in [-0.25, -0.2) is 13.2 Å². The molecule has 0 N–H and O–H groups in total. The maximum atomic E-state index is 12.8. The van der Waals surface area contributed by atoms with Crippen molar-refractivity contribution in [2.75, 3.05) is 13.2 Å². The number of rotatable bonds is 7. The van der Waals surface area contributed by atoms with Gasteiger partial charge in [0.25, 0.3) is 0 Å². The quantitative estimate of drug-likeness (QED) is 0.722. The Morgan fingerprint density at radius 2 is 1.62 bits per heavy atom. The fourth-order valence-corrected chi connectivity index (χ4v) is 3.72. The molecule has 6 heteroatoms. The fraction of sp³-hybridized carbons (Fsp3) is 0.278. The van der Waals surface area contributed by atoms with Gasteiger partial charge >= 0.3 is 5.97 Å². The normalized spacial score (nSPS) is 11.5. The van der Waals surface area contributed by atoms with E-state index in [1.807, 2.05) is 30.3 Å². The molecule has 24 heavy (non-hydrogen) atoms. The Kier molecular flexibility index (Phi) is 6.11. The number of carbonyl (C=O) groups excluding carboxylic acids is 1. The van der Waals surface area contributed by atoms with Crippen molar-refractivity contribution in [2.24, 2.45) is 0 Å². The first kappa shape index (κ1) is 18.2. The molecular weight excluding hydrogens is 326 g/mol. The largest absolute Gasteiger partial charge is 0.462 e. The topological polar surface area (TPSA) is 63.7 Å². The molecule has 2 rings (SSSR count). The van der Waals surface area contributed by atoms with Gasteiger partial charge in [0, 0.05) is 13.1 Å². The average Bonchev–Trinajstić information content (AvgIpc) is 2.60. The zero-order chi connectivity index (χ0) is 17.6. The minimum absolute atomic E-state index is 0.160. The zero-order valence-electron chi connectivity index (χ0n) is 13.8. The van der Waals surface area contributed by atoms with E-state index >= 15 is 0 Å². The Morgan fingerprint density at radius 1 is 1.00 bits per heavy atom. The van der Waals surface area contributed by atoms with Crippen LogP contribution in [0.4, 0.5) is 0 Å². The minimum Gasteiger partial charge on any atom is -0.462 e. The summed E-state index contributed by atoms with van der Waals surface area (Å²) >= 11 is 0. The standard InChI is InChI=1S/C18H21NO4S/c1-3-19(14-15-8-6-5-7-9-15)24(21,22)17-12-10-16(11-13-17)18(20)23-4-2/h5-13H,3-4,14H2,1-2H3. The van der Waals surface area contributed by atoms with Gasteiger partial charge in [0.05, 0.1) is 17.1 Å². The fourth-order valence-electron chi connectivity index (χ4n) is 2.28. The van der Waals surface area contributed by atoms with E-state index < -0.39 is 16.0 Å². The lowest BCUT2D eigenvalue weighted by Gasteiger charge is -2.20. The first-order valence-corrected chi connectivity index (χ1v) is 9.24. The Morgan fingerprint density at radius 3 is 2.17 bits per heavy atom. The van der Waals surface area contributed by atoms with E-state index in [1.165, 1.54) is 28.6 Å². The molecule has 2 aromatic rings. The van der Waals surface area contributed by atoms with Crippen molar-refractivity contribution in [1.29, 1.82) is 0 Å². The van der Waals surface area contributed by atoms with Gasteiger partial charge in [0.2, 0.25) is 10.0 Å². The van der Waals surface area contributed by atoms with Crippen molar-refractivity contribution in [2.45, 2.75) is 25.3 Å². The summed E-state index contributed by atoms with van der Waals surface area (Å²) in [7, 11) is -3.62. The molecule has 0 saturated carbocycles. The van der Waals surface area contributed by atoms with Gasteiger partial charge in [-0.1, -0.05) is 37.3 Å². The second kappa shape index (κ2) is 8.08. The molecule has 0 radical (unpaired) electrons. The number of carbonyl (C=O) groups is 1. The third-order valence-corrected chi connectivity index (χ3v) is 5.49. The highest BCUT2D eigenvalue weighted by atomic mass is 32.2. The molecule has 0 atom stereocenters. The molecule has 0 saturated heterocycles. The molecule has 0 aliphatic carbocycles. The van der Waals surface area contributed by atoms with Gasteiger partial charge in [-0.2, -0.15) is 4.31 Å². The van der Waals surface area contributed by atoms with Gasteiger partial charge in [0.15, 0.2) is 0 Å². The first-order valence-electron chi connectivity index (χ1n) is 7.80. The smallest absolute Gasteiger partial charge is 0.338 e. The van der Waals surface area contributed by atoms with E-state index in [2.05, 4.69) is 0 Å². The number of sulfonamides is 1. The molecule has 0 unspecified atom stereocenters. The van der Waals surface area contributed by atoms with E-state index in [4.69, 9.17) is 4.74 Å². The van der Waals surface area contributed by atoms with Crippen LogP contribution in [0.15, 0.2) is 59.5 Å². The summed E-state index contributed by atoms with van der Waals surface area (Å²) in [6, 6.07) is 15.3. The maximum Gasteiger partial charge on any atom is 0.338 e. The molecule has 2 aromatic carbocycles. The Balaban J connectivity index is 2.23. The van der Waals surface area contributed by atoms with Crippen LogP contribution in [0.1, 0.15) is 29.8 Å². The molecular formula is C18H21NO4S. The molecule has 0 aliphatic rings. The van der Waals surface area contributed by atoms with Crippen molar-refractivity contribution in [3.63, 3.8) is 0 Å². The molecule has 0 bridgehead atoms. The van der Waals surface area contributed by atoms with Crippen LogP contribution < -0.4 is 0 Å². The second-order valence-corrected chi connectivity index (χ2v) is 7.10. The lowest BCUT2D eigenvalue weighted by Crippen LogP contribution is -2.30. The summed E-state index contributed by atoms with van der Waals surface area (Å²) in [6.45, 7) is 4.46. The SMILES string of the molecule is CCOC(=O)c1ccc(S(=O)(=O)N(CC)Cc2ccccc2)cc1. The van der Waals surface area contributed by atoms with E-state index in [0.717, 1.165) is 5.56 Å². The van der Waals surface area contributed by atoms with Gasteiger partial charge in [-0.3, -0.25) is 0 Å². The summed E-state index contributed by atoms with van der Waals surface area (Å²) < 4.78 is 31.9. The highest BCUT2D eigenvalue weighted by Crippen LogP contribution is 2.19. The van der Waals surface area contributed by atoms with Gasteiger partial charge < -0.3 is 4.74 Å². The molecule has 5 nitrogen and oxygen atoms in total. The summed E-state index contributed by atoms with van der Waals surface area (Å²) in [6.07, 6.45) is 0. The van der Waals surface area contributed by atoms with Crippen LogP contribution in [0.25, 0.3) is 0 Å². The number of benzene rings is 2. The first-order chi connectivity index (χ1) is 11.5. The maximum absolute atomic E-state index is 12.8. The van der Waals surface area contributed by atoms with Crippen LogP contribution in [0.2, 0.25) is 0 Å². The van der Waals surface area contributed by atoms with Gasteiger partial charge in [0.1, 0.15) is 0 Å². The molecule has 0 aliphatic heterocycles. The predicted molar refractivity (Wildman–Crippen MR) is 92.1 cm³/mol. The van der Waals surface area contributed by atoms with E-state index in [1.54, 1.807) is 13.8 Å². The van der Waals surface area contributed by atoms with Crippen molar-refractivity contribution < 1.29 is 17.9 Å². The molecule has 0 amide bonds. The van der Waals surface area contributed by atoms with Gasteiger partial charge in [-0.15, -0.1) is 0 Å². The minimum atomic E-state index is -3.62. The van der Waals surface area contributed by atoms with Gasteiger partial charge in [-0.05, 0) is 36.8 Å². The highest BCUT2D eigenvalue weighted by Gasteiger charge is 2.23. The van der Waals surface area contributed by atoms with E-state index in [9.17, 15) is 13.2 Å². The molecule has 0 fully saturated rings. The third kappa shape index (κ3) is 4.21. The van der Waals surface area contributed by atoms with Crippen LogP contribution in [-0.2, 0) is 21.3 Å². The molecule has 128 valence electrons. The van der Waals surface area contributed by atoms with Crippen molar-refractivity contribution in [3.8, 4) is 0 Å². The van der Waals surface area contributed by atoms with Crippen molar-refractivity contribution >= 4 is 16.0 Å². The van der Waals surface area contributed by atoms with Crippen LogP contribution in [0.3, 0.4) is 0 Å². The van der Waals surface area contributed by atoms with Crippen LogP contribution in [0, 0.1) is 0 Å². The summed E-state index contributed by atoms with van der Waals surface area (Å²) in [5.41, 5.74) is 1.26. The monoisotopic (exact) mass is 347 g/mol. The van der Waals surface area contributed by atoms with Crippen molar-refractivity contribution in [1.82, 2.24) is 4.31 Å². The highest BCUT2D eigenvalue weighted by molar-refractivity contribution is 7.89. The molecule has 0 aromatic heterocycles. The number of nitrogens with zero attached hydrogens (tertiary/aromatic N) is 1. The lowest BCUT2D eigenvalue weighted by molar-refractivity contribution is 0.0526. The third-order valence-electron chi connectivity index (χ3n) is 3.56. The Bertz CT molecular complexity index is 770. The lowest BCUT2D eigenvalue weighted by atomic mass is 10.2. The predicted octanol–water partition coefficient (Wildman–Crippen LogP) is 3.07. The summed E-state index contributed by atoms with van der Waals surface area (Å²) in [5.74, 6) is -0.460. The van der Waals surface area contributed by atoms with Crippen LogP contribution in [-0.4, -0.2) is 31.8 Å². The summed E-state index contributed by atoms with van der Waals surface area (Å²) in [5, 5.41) is 0. The number of ether oxygens (including phenoxy) is 1. The van der Waals surface area contributed by atoms with Crippen molar-refractivity contribution in [3.05, 3.63) is 65.7 Å².